The lowest BCUT2D eigenvalue weighted by atomic mass is 9.83. The molecule has 2 nitrogen and oxygen atoms in total. The molecule has 0 aliphatic heterocycles. The van der Waals surface area contributed by atoms with Gasteiger partial charge in [0.25, 0.3) is 0 Å². The lowest BCUT2D eigenvalue weighted by Gasteiger charge is -2.19. The van der Waals surface area contributed by atoms with E-state index in [9.17, 15) is 1.37 Å². The van der Waals surface area contributed by atoms with Gasteiger partial charge in [-0.1, -0.05) is 345 Å². The van der Waals surface area contributed by atoms with Gasteiger partial charge in [0.1, 0.15) is 22.3 Å². The minimum absolute atomic E-state index is 0.185. The Kier molecular flexibility index (Phi) is 12.3. The summed E-state index contributed by atoms with van der Waals surface area (Å²) < 4.78 is 127. The third-order valence-corrected chi connectivity index (χ3v) is 23.1. The summed E-state index contributed by atoms with van der Waals surface area (Å²) in [5, 5.41) is 23.1. The number of fused-ring (bicyclic) bond motifs is 18. The molecule has 2 heterocycles. The molecule has 0 amide bonds. The Hall–Kier alpha value is -15.0. The molecule has 528 valence electrons. The van der Waals surface area contributed by atoms with Crippen molar-refractivity contribution >= 4 is 152 Å². The Labute approximate surface area is 675 Å². The van der Waals surface area contributed by atoms with Crippen LogP contribution in [0.3, 0.4) is 0 Å². The van der Waals surface area contributed by atoms with Crippen LogP contribution in [0.5, 0.6) is 0 Å². The molecule has 0 unspecified atom stereocenters. The molecule has 114 heavy (non-hydrogen) atoms. The highest BCUT2D eigenvalue weighted by Gasteiger charge is 2.24. The second-order valence-electron chi connectivity index (χ2n) is 29.3. The molecule has 24 aromatic rings. The Morgan fingerprint density at radius 2 is 0.544 bits per heavy atom. The zero-order valence-corrected chi connectivity index (χ0v) is 61.1. The molecule has 0 saturated heterocycles. The highest BCUT2D eigenvalue weighted by molar-refractivity contribution is 6.29. The first-order valence-corrected chi connectivity index (χ1v) is 38.3. The fraction of sp³-hybridized carbons (Fsp3) is 0. The first-order chi connectivity index (χ1) is 61.9. The van der Waals surface area contributed by atoms with Crippen molar-refractivity contribution in [3.8, 4) is 89.0 Å². The quantitative estimate of drug-likeness (QED) is 0.112. The van der Waals surface area contributed by atoms with Crippen molar-refractivity contribution in [2.75, 3.05) is 0 Å². The molecule has 2 heteroatoms. The van der Waals surface area contributed by atoms with Gasteiger partial charge in [0.2, 0.25) is 0 Å². The van der Waals surface area contributed by atoms with Crippen molar-refractivity contribution in [2.24, 2.45) is 0 Å². The summed E-state index contributed by atoms with van der Waals surface area (Å²) in [5.41, 5.74) is 16.4. The Morgan fingerprint density at radius 3 is 1.06 bits per heavy atom. The van der Waals surface area contributed by atoms with E-state index in [1.54, 1.807) is 6.07 Å². The maximum atomic E-state index is 9.22. The van der Waals surface area contributed by atoms with Gasteiger partial charge in [0.15, 0.2) is 0 Å². The summed E-state index contributed by atoms with van der Waals surface area (Å²) >= 11 is 0. The molecule has 0 spiro atoms. The highest BCUT2D eigenvalue weighted by Crippen LogP contribution is 2.51. The number of hydrogen-bond acceptors (Lipinski definition) is 2. The number of hydrogen-bond donors (Lipinski definition) is 0. The largest absolute Gasteiger partial charge is 0.456 e. The van der Waals surface area contributed by atoms with Gasteiger partial charge in [-0.25, -0.2) is 0 Å². The Balaban J connectivity index is 0.000000146. The van der Waals surface area contributed by atoms with Gasteiger partial charge in [-0.2, -0.15) is 0 Å². The Morgan fingerprint density at radius 1 is 0.167 bits per heavy atom. The van der Waals surface area contributed by atoms with Crippen LogP contribution in [0.1, 0.15) is 17.8 Å². The molecule has 2 aromatic heterocycles. The maximum absolute atomic E-state index is 9.22. The molecule has 0 fully saturated rings. The van der Waals surface area contributed by atoms with E-state index in [0.717, 1.165) is 218 Å². The molecule has 24 rings (SSSR count). The molecular weight excluding hydrogens is 1380 g/mol. The smallest absolute Gasteiger partial charge is 0.136 e. The van der Waals surface area contributed by atoms with Crippen LogP contribution in [0.2, 0.25) is 0 Å². The third kappa shape index (κ3) is 10.5. The van der Waals surface area contributed by atoms with Crippen LogP contribution in [-0.4, -0.2) is 0 Å². The van der Waals surface area contributed by atoms with Crippen molar-refractivity contribution in [3.05, 3.63) is 412 Å². The second-order valence-corrected chi connectivity index (χ2v) is 29.3. The Bertz CT molecular complexity index is 8800. The predicted molar refractivity (Wildman–Crippen MR) is 486 cm³/mol. The average molecular weight is 1460 g/mol. The number of rotatable bonds is 8. The molecule has 0 radical (unpaired) electrons. The second kappa shape index (κ2) is 26.4. The molecule has 0 N–H and O–H groups in total. The number of furan rings is 2. The SMILES string of the molecule is [2H]c1c([2H])c([2H])c(-c2c3ccccc3c(-c3cc4cc(-c5ccc6oc7cccc(-c8ccc9ccccc9c8[2H])c7c6c5)ccc4c4ccccc34)c3ccccc23)c([2H])c1[2H].[2H]c1cc([2H])c2ccccc2c1-c1ccc2oc3cccc(-c4ccc5c(c4)cc(-c4c6ccccc6c(-c6c([2H])c([2H])c([2H])c([2H])c6[2H])c6ccccc46)c4ccccc45)c3c2c1. The lowest BCUT2D eigenvalue weighted by molar-refractivity contribution is 0.668. The average Bonchev–Trinajstić information content (AvgIpc) is 1.62. The van der Waals surface area contributed by atoms with E-state index in [-0.39, 0.29) is 59.5 Å². The van der Waals surface area contributed by atoms with Gasteiger partial charge in [-0.15, -0.1) is 0 Å². The van der Waals surface area contributed by atoms with E-state index < -0.39 is 12.1 Å². The van der Waals surface area contributed by atoms with E-state index in [2.05, 4.69) is 158 Å². The molecule has 0 aliphatic carbocycles. The molecular formula is C112H68O2. The summed E-state index contributed by atoms with van der Waals surface area (Å²) in [5.74, 6) is 0. The van der Waals surface area contributed by atoms with Crippen molar-refractivity contribution < 1.29 is 26.7 Å². The van der Waals surface area contributed by atoms with Gasteiger partial charge in [0.05, 0.1) is 17.8 Å². The monoisotopic (exact) mass is 1460 g/mol. The van der Waals surface area contributed by atoms with Crippen molar-refractivity contribution in [2.45, 2.75) is 0 Å². The summed E-state index contributed by atoms with van der Waals surface area (Å²) in [7, 11) is 0. The van der Waals surface area contributed by atoms with Crippen LogP contribution in [0.4, 0.5) is 0 Å². The number of benzene rings is 22. The predicted octanol–water partition coefficient (Wildman–Crippen LogP) is 32.0. The van der Waals surface area contributed by atoms with Crippen LogP contribution >= 0.6 is 0 Å². The van der Waals surface area contributed by atoms with E-state index in [1.165, 1.54) is 0 Å². The first-order valence-electron chi connectivity index (χ1n) is 44.8. The fourth-order valence-corrected chi connectivity index (χ4v) is 18.2. The van der Waals surface area contributed by atoms with E-state index in [4.69, 9.17) is 25.3 Å². The van der Waals surface area contributed by atoms with Crippen molar-refractivity contribution in [1.82, 2.24) is 0 Å². The van der Waals surface area contributed by atoms with Gasteiger partial charge in [-0.3, -0.25) is 0 Å². The summed E-state index contributed by atoms with van der Waals surface area (Å²) in [6.07, 6.45) is 0. The van der Waals surface area contributed by atoms with Crippen LogP contribution < -0.4 is 0 Å². The molecule has 22 aromatic carbocycles. The zero-order valence-electron chi connectivity index (χ0n) is 74.1. The van der Waals surface area contributed by atoms with Crippen molar-refractivity contribution in [3.63, 3.8) is 0 Å². The minimum atomic E-state index is -0.416. The normalized spacial score (nSPS) is 13.5. The minimum Gasteiger partial charge on any atom is -0.456 e. The molecule has 0 saturated carbocycles. The van der Waals surface area contributed by atoms with Gasteiger partial charge in [0, 0.05) is 21.5 Å². The van der Waals surface area contributed by atoms with E-state index in [1.807, 2.05) is 170 Å². The molecule has 0 bridgehead atoms. The summed E-state index contributed by atoms with van der Waals surface area (Å²) in [6.45, 7) is 0. The van der Waals surface area contributed by atoms with E-state index >= 15 is 0 Å². The summed E-state index contributed by atoms with van der Waals surface area (Å²) in [4.78, 5) is 0. The lowest BCUT2D eigenvalue weighted by Crippen LogP contribution is -1.92. The maximum Gasteiger partial charge on any atom is 0.136 e. The molecule has 0 atom stereocenters. The summed E-state index contributed by atoms with van der Waals surface area (Å²) in [6, 6.07) is 111. The van der Waals surface area contributed by atoms with Crippen LogP contribution in [-0.2, 0) is 0 Å². The highest BCUT2D eigenvalue weighted by atomic mass is 16.3. The third-order valence-electron chi connectivity index (χ3n) is 23.1. The van der Waals surface area contributed by atoms with Crippen LogP contribution in [0.25, 0.3) is 241 Å². The van der Waals surface area contributed by atoms with Crippen molar-refractivity contribution in [1.29, 1.82) is 0 Å². The topological polar surface area (TPSA) is 26.3 Å². The standard InChI is InChI=1S/2C56H34O/c1-2-15-36(16-3-1)54-46-21-8-10-23-48(46)55(49-24-11-9-22-47(49)54)50-34-39-32-37(28-30-42(39)44-19-6-7-20-45(44)50)43-26-13-27-53-56(43)51-33-38(29-31-52(51)57-53)41-25-12-17-35-14-4-5-18-40(35)41;1-2-14-36(15-3-1)54-46-19-8-10-21-48(46)55(49-22-11-9-20-47(49)54)50-34-41-32-38(27-29-42(41)44-17-6-7-18-45(44)50)39-28-30-52-51(33-39)56-43(23-12-24-53(56)57-52)40-26-25-35-13-4-5-16-37(35)31-40/h2*1-34H/i1D,2D,3D,15D,16D,17D,25D;1D,2D,3D,14D,15D,31D. The van der Waals surface area contributed by atoms with Crippen LogP contribution in [0, 0.1) is 0 Å². The first kappa shape index (κ1) is 53.0. The van der Waals surface area contributed by atoms with E-state index in [0.29, 0.717) is 29.3 Å². The van der Waals surface area contributed by atoms with Crippen LogP contribution in [0.15, 0.2) is 421 Å². The van der Waals surface area contributed by atoms with Gasteiger partial charge < -0.3 is 8.83 Å². The van der Waals surface area contributed by atoms with Gasteiger partial charge in [-0.05, 0) is 263 Å². The van der Waals surface area contributed by atoms with Gasteiger partial charge >= 0.3 is 0 Å². The fourth-order valence-electron chi connectivity index (χ4n) is 18.2. The zero-order chi connectivity index (χ0) is 86.2. The molecule has 0 aliphatic rings.